The molecule has 0 aromatic heterocycles. The number of carbonyl (C=O) groups is 1. The first-order valence-corrected chi connectivity index (χ1v) is 7.41. The Morgan fingerprint density at radius 3 is 3.10 bits per heavy atom. The van der Waals surface area contributed by atoms with Gasteiger partial charge in [0.2, 0.25) is 0 Å². The highest BCUT2D eigenvalue weighted by atomic mass is 16.5. The minimum atomic E-state index is -0.0640. The highest BCUT2D eigenvalue weighted by molar-refractivity contribution is 5.77. The molecule has 1 aromatic rings. The summed E-state index contributed by atoms with van der Waals surface area (Å²) in [6, 6.07) is 6.21. The Hall–Kier alpha value is -1.55. The largest absolute Gasteiger partial charge is 0.483 e. The molecule has 0 aliphatic heterocycles. The molecule has 0 heterocycles. The quantitative estimate of drug-likeness (QED) is 0.838. The third-order valence-electron chi connectivity index (χ3n) is 3.76. The van der Waals surface area contributed by atoms with Gasteiger partial charge < -0.3 is 15.8 Å². The summed E-state index contributed by atoms with van der Waals surface area (Å²) in [5, 5.41) is 2.94. The molecule has 20 heavy (non-hydrogen) atoms. The summed E-state index contributed by atoms with van der Waals surface area (Å²) in [7, 11) is 0. The fraction of sp³-hybridized carbons (Fsp3) is 0.562. The van der Waals surface area contributed by atoms with Gasteiger partial charge >= 0.3 is 0 Å². The number of nitrogens with two attached hydrogens (primary N) is 1. The molecule has 0 saturated carbocycles. The van der Waals surface area contributed by atoms with Gasteiger partial charge in [-0.15, -0.1) is 0 Å². The van der Waals surface area contributed by atoms with Gasteiger partial charge in [0.15, 0.2) is 6.61 Å². The molecular weight excluding hydrogens is 252 g/mol. The molecule has 3 N–H and O–H groups in total. The average Bonchev–Trinajstić information content (AvgIpc) is 2.79. The first-order valence-electron chi connectivity index (χ1n) is 7.41. The fourth-order valence-corrected chi connectivity index (χ4v) is 2.75. The second kappa shape index (κ2) is 6.75. The highest BCUT2D eigenvalue weighted by Crippen LogP contribution is 2.35. The molecule has 110 valence electrons. The normalized spacial score (nSPS) is 18.4. The first-order chi connectivity index (χ1) is 9.61. The lowest BCUT2D eigenvalue weighted by Crippen LogP contribution is -2.36. The van der Waals surface area contributed by atoms with E-state index < -0.39 is 0 Å². The lowest BCUT2D eigenvalue weighted by atomic mass is 10.1. The zero-order chi connectivity index (χ0) is 14.5. The lowest BCUT2D eigenvalue weighted by Gasteiger charge is -2.14. The number of amides is 1. The topological polar surface area (TPSA) is 64.3 Å². The number of rotatable bonds is 6. The summed E-state index contributed by atoms with van der Waals surface area (Å²) in [6.07, 6.45) is 3.93. The molecule has 0 spiro atoms. The van der Waals surface area contributed by atoms with E-state index in [1.165, 1.54) is 0 Å². The smallest absolute Gasteiger partial charge is 0.258 e. The van der Waals surface area contributed by atoms with Crippen LogP contribution in [-0.4, -0.2) is 18.6 Å². The van der Waals surface area contributed by atoms with E-state index in [2.05, 4.69) is 12.2 Å². The Morgan fingerprint density at radius 2 is 2.35 bits per heavy atom. The monoisotopic (exact) mass is 276 g/mol. The van der Waals surface area contributed by atoms with Crippen LogP contribution >= 0.6 is 0 Å². The van der Waals surface area contributed by atoms with Crippen LogP contribution in [0.1, 0.15) is 50.3 Å². The molecule has 0 fully saturated rings. The molecule has 2 rings (SSSR count). The lowest BCUT2D eigenvalue weighted by molar-refractivity contribution is -0.123. The van der Waals surface area contributed by atoms with Crippen LogP contribution < -0.4 is 15.8 Å². The van der Waals surface area contributed by atoms with Gasteiger partial charge in [-0.25, -0.2) is 0 Å². The average molecular weight is 276 g/mol. The van der Waals surface area contributed by atoms with E-state index in [9.17, 15) is 4.79 Å². The van der Waals surface area contributed by atoms with Crippen LogP contribution in [0.3, 0.4) is 0 Å². The van der Waals surface area contributed by atoms with Gasteiger partial charge in [-0.1, -0.05) is 25.5 Å². The zero-order valence-electron chi connectivity index (χ0n) is 12.3. The van der Waals surface area contributed by atoms with Gasteiger partial charge in [-0.05, 0) is 43.4 Å². The van der Waals surface area contributed by atoms with E-state index in [0.29, 0.717) is 0 Å². The Balaban J connectivity index is 1.90. The van der Waals surface area contributed by atoms with Crippen molar-refractivity contribution in [3.63, 3.8) is 0 Å². The van der Waals surface area contributed by atoms with Crippen molar-refractivity contribution in [2.24, 2.45) is 5.73 Å². The summed E-state index contributed by atoms with van der Waals surface area (Å²) in [4.78, 5) is 11.8. The van der Waals surface area contributed by atoms with Gasteiger partial charge in [0, 0.05) is 12.1 Å². The maximum atomic E-state index is 11.8. The number of hydrogen-bond donors (Lipinski definition) is 2. The maximum Gasteiger partial charge on any atom is 0.258 e. The second-order valence-electron chi connectivity index (χ2n) is 5.52. The number of hydrogen-bond acceptors (Lipinski definition) is 3. The van der Waals surface area contributed by atoms with Crippen LogP contribution in [0.4, 0.5) is 0 Å². The van der Waals surface area contributed by atoms with Gasteiger partial charge in [-0.3, -0.25) is 4.79 Å². The maximum absolute atomic E-state index is 11.8. The van der Waals surface area contributed by atoms with Gasteiger partial charge in [0.1, 0.15) is 5.75 Å². The Bertz CT molecular complexity index is 474. The van der Waals surface area contributed by atoms with Crippen LogP contribution in [0, 0.1) is 0 Å². The molecule has 1 aliphatic rings. The first kappa shape index (κ1) is 14.9. The van der Waals surface area contributed by atoms with Gasteiger partial charge in [0.05, 0.1) is 0 Å². The Morgan fingerprint density at radius 1 is 1.55 bits per heavy atom. The van der Waals surface area contributed by atoms with E-state index >= 15 is 0 Å². The minimum absolute atomic E-state index is 0.0640. The molecule has 2 atom stereocenters. The van der Waals surface area contributed by atoms with Crippen molar-refractivity contribution in [3.8, 4) is 5.75 Å². The predicted octanol–water partition coefficient (Wildman–Crippen LogP) is 2.32. The molecule has 2 unspecified atom stereocenters. The van der Waals surface area contributed by atoms with Crippen molar-refractivity contribution < 1.29 is 9.53 Å². The predicted molar refractivity (Wildman–Crippen MR) is 79.7 cm³/mol. The summed E-state index contributed by atoms with van der Waals surface area (Å²) >= 11 is 0. The molecule has 1 aliphatic carbocycles. The number of fused-ring (bicyclic) bond motifs is 1. The van der Waals surface area contributed by atoms with E-state index in [1.807, 2.05) is 25.1 Å². The van der Waals surface area contributed by atoms with Crippen molar-refractivity contribution in [1.82, 2.24) is 5.32 Å². The SMILES string of the molecule is CCCC(C)NC(=O)COc1cccc2c1CCC2N. The molecule has 4 heteroatoms. The van der Waals surface area contributed by atoms with Crippen LogP contribution in [0.2, 0.25) is 0 Å². The zero-order valence-corrected chi connectivity index (χ0v) is 12.3. The molecule has 4 nitrogen and oxygen atoms in total. The summed E-state index contributed by atoms with van der Waals surface area (Å²) in [6.45, 7) is 4.19. The fourth-order valence-electron chi connectivity index (χ4n) is 2.75. The molecule has 1 aromatic carbocycles. The summed E-state index contributed by atoms with van der Waals surface area (Å²) < 4.78 is 5.67. The molecule has 0 bridgehead atoms. The number of nitrogens with one attached hydrogen (secondary N) is 1. The van der Waals surface area contributed by atoms with Gasteiger partial charge in [0.25, 0.3) is 5.91 Å². The van der Waals surface area contributed by atoms with Crippen molar-refractivity contribution in [2.45, 2.75) is 51.6 Å². The standard InChI is InChI=1S/C16H24N2O2/c1-3-5-11(2)18-16(19)10-20-15-7-4-6-12-13(15)8-9-14(12)17/h4,6-7,11,14H,3,5,8-10,17H2,1-2H3,(H,18,19). The number of ether oxygens (including phenoxy) is 1. The minimum Gasteiger partial charge on any atom is -0.483 e. The highest BCUT2D eigenvalue weighted by Gasteiger charge is 2.22. The van der Waals surface area contributed by atoms with Crippen LogP contribution in [0.15, 0.2) is 18.2 Å². The summed E-state index contributed by atoms with van der Waals surface area (Å²) in [5.41, 5.74) is 8.35. The second-order valence-corrected chi connectivity index (χ2v) is 5.52. The van der Waals surface area contributed by atoms with Crippen LogP contribution in [-0.2, 0) is 11.2 Å². The van der Waals surface area contributed by atoms with Crippen molar-refractivity contribution >= 4 is 5.91 Å². The Labute approximate surface area is 120 Å². The van der Waals surface area contributed by atoms with Gasteiger partial charge in [-0.2, -0.15) is 0 Å². The van der Waals surface area contributed by atoms with Crippen molar-refractivity contribution in [3.05, 3.63) is 29.3 Å². The number of benzene rings is 1. The van der Waals surface area contributed by atoms with E-state index in [-0.39, 0.29) is 24.6 Å². The van der Waals surface area contributed by atoms with Crippen LogP contribution in [0.5, 0.6) is 5.75 Å². The third-order valence-corrected chi connectivity index (χ3v) is 3.76. The van der Waals surface area contributed by atoms with E-state index in [1.54, 1.807) is 0 Å². The Kier molecular flexibility index (Phi) is 5.01. The van der Waals surface area contributed by atoms with E-state index in [4.69, 9.17) is 10.5 Å². The summed E-state index contributed by atoms with van der Waals surface area (Å²) in [5.74, 6) is 0.736. The number of carbonyl (C=O) groups excluding carboxylic acids is 1. The van der Waals surface area contributed by atoms with Crippen LogP contribution in [0.25, 0.3) is 0 Å². The molecular formula is C16H24N2O2. The molecule has 0 radical (unpaired) electrons. The third kappa shape index (κ3) is 3.51. The van der Waals surface area contributed by atoms with Crippen molar-refractivity contribution in [2.75, 3.05) is 6.61 Å². The molecule has 0 saturated heterocycles. The van der Waals surface area contributed by atoms with Crippen molar-refractivity contribution in [1.29, 1.82) is 0 Å². The van der Waals surface area contributed by atoms with E-state index in [0.717, 1.165) is 42.6 Å². The molecule has 1 amide bonds.